The number of alkyl halides is 2. The number of para-hydroxylation sites is 1. The van der Waals surface area contributed by atoms with Gasteiger partial charge in [0.1, 0.15) is 5.75 Å². The summed E-state index contributed by atoms with van der Waals surface area (Å²) in [7, 11) is 1.53. The van der Waals surface area contributed by atoms with Gasteiger partial charge >= 0.3 is 6.61 Å². The van der Waals surface area contributed by atoms with E-state index < -0.39 is 6.61 Å². The second kappa shape index (κ2) is 7.43. The largest absolute Gasteiger partial charge is 0.493 e. The summed E-state index contributed by atoms with van der Waals surface area (Å²) in [6.45, 7) is -1.09. The van der Waals surface area contributed by atoms with E-state index in [9.17, 15) is 13.6 Å². The van der Waals surface area contributed by atoms with Crippen LogP contribution in [0.4, 0.5) is 8.78 Å². The molecule has 1 heterocycles. The van der Waals surface area contributed by atoms with Crippen molar-refractivity contribution in [2.45, 2.75) is 19.6 Å². The molecule has 0 saturated carbocycles. The number of ether oxygens (including phenoxy) is 2. The lowest BCUT2D eigenvalue weighted by molar-refractivity contribution is -0.0498. The van der Waals surface area contributed by atoms with Crippen molar-refractivity contribution in [2.24, 2.45) is 0 Å². The molecule has 1 atom stereocenters. The number of halogens is 2. The molecule has 2 aromatic carbocycles. The molecule has 1 N–H and O–H groups in total. The van der Waals surface area contributed by atoms with Crippen LogP contribution in [0, 0.1) is 0 Å². The Hall–Kier alpha value is -3.09. The SMILES string of the molecule is COc1cccc2cc(C(=O)NC(C)c3ccc(OC(F)F)cc3)oc12. The summed E-state index contributed by atoms with van der Waals surface area (Å²) >= 11 is 0. The van der Waals surface area contributed by atoms with Crippen molar-refractivity contribution in [3.8, 4) is 11.5 Å². The molecule has 0 aliphatic carbocycles. The third-order valence-corrected chi connectivity index (χ3v) is 3.90. The minimum Gasteiger partial charge on any atom is -0.493 e. The summed E-state index contributed by atoms with van der Waals surface area (Å²) in [5.41, 5.74) is 1.25. The van der Waals surface area contributed by atoms with Gasteiger partial charge in [-0.3, -0.25) is 4.79 Å². The van der Waals surface area contributed by atoms with Crippen LogP contribution in [0.3, 0.4) is 0 Å². The number of nitrogens with one attached hydrogen (secondary N) is 1. The van der Waals surface area contributed by atoms with E-state index >= 15 is 0 Å². The lowest BCUT2D eigenvalue weighted by atomic mass is 10.1. The van der Waals surface area contributed by atoms with Crippen molar-refractivity contribution >= 4 is 16.9 Å². The quantitative estimate of drug-likeness (QED) is 0.701. The Morgan fingerprint density at radius 1 is 1.15 bits per heavy atom. The number of hydrogen-bond acceptors (Lipinski definition) is 4. The van der Waals surface area contributed by atoms with Gasteiger partial charge in [-0.25, -0.2) is 0 Å². The van der Waals surface area contributed by atoms with Crippen molar-refractivity contribution in [3.63, 3.8) is 0 Å². The van der Waals surface area contributed by atoms with Crippen molar-refractivity contribution < 1.29 is 27.5 Å². The molecular formula is C19H17F2NO4. The normalized spacial score (nSPS) is 12.2. The molecule has 26 heavy (non-hydrogen) atoms. The molecule has 0 spiro atoms. The van der Waals surface area contributed by atoms with E-state index in [0.29, 0.717) is 11.3 Å². The van der Waals surface area contributed by atoms with Gasteiger partial charge in [0.25, 0.3) is 5.91 Å². The van der Waals surface area contributed by atoms with Crippen molar-refractivity contribution in [3.05, 3.63) is 59.9 Å². The van der Waals surface area contributed by atoms with Crippen LogP contribution in [0.5, 0.6) is 11.5 Å². The Morgan fingerprint density at radius 3 is 2.54 bits per heavy atom. The molecule has 1 aromatic heterocycles. The molecule has 136 valence electrons. The third kappa shape index (κ3) is 3.77. The van der Waals surface area contributed by atoms with Crippen LogP contribution in [0.25, 0.3) is 11.0 Å². The molecule has 0 saturated heterocycles. The predicted octanol–water partition coefficient (Wildman–Crippen LogP) is 4.53. The number of carbonyl (C=O) groups excluding carboxylic acids is 1. The van der Waals surface area contributed by atoms with Crippen molar-refractivity contribution in [1.82, 2.24) is 5.32 Å². The Balaban J connectivity index is 1.73. The van der Waals surface area contributed by atoms with Crippen LogP contribution in [0.15, 0.2) is 52.9 Å². The lowest BCUT2D eigenvalue weighted by Gasteiger charge is -2.14. The number of furan rings is 1. The van der Waals surface area contributed by atoms with E-state index in [0.717, 1.165) is 10.9 Å². The Morgan fingerprint density at radius 2 is 1.88 bits per heavy atom. The number of fused-ring (bicyclic) bond motifs is 1. The maximum atomic E-state index is 12.4. The number of amides is 1. The van der Waals surface area contributed by atoms with Gasteiger partial charge in [-0.15, -0.1) is 0 Å². The molecule has 0 fully saturated rings. The van der Waals surface area contributed by atoms with Crippen molar-refractivity contribution in [2.75, 3.05) is 7.11 Å². The molecule has 7 heteroatoms. The van der Waals surface area contributed by atoms with Gasteiger partial charge in [0, 0.05) is 5.39 Å². The maximum Gasteiger partial charge on any atom is 0.387 e. The first-order valence-corrected chi connectivity index (χ1v) is 7.90. The molecule has 0 aliphatic rings. The summed E-state index contributed by atoms with van der Waals surface area (Å²) in [5, 5.41) is 3.57. The number of benzene rings is 2. The van der Waals surface area contributed by atoms with E-state index in [2.05, 4.69) is 10.1 Å². The standard InChI is InChI=1S/C19H17F2NO4/c1-11(12-6-8-14(9-7-12)25-19(20)21)22-18(23)16-10-13-4-3-5-15(24-2)17(13)26-16/h3-11,19H,1-2H3,(H,22,23). The molecule has 0 aliphatic heterocycles. The second-order valence-corrected chi connectivity index (χ2v) is 5.63. The van der Waals surface area contributed by atoms with E-state index in [4.69, 9.17) is 9.15 Å². The monoisotopic (exact) mass is 361 g/mol. The predicted molar refractivity (Wildman–Crippen MR) is 91.7 cm³/mol. The van der Waals surface area contributed by atoms with Crippen LogP contribution < -0.4 is 14.8 Å². The minimum atomic E-state index is -2.87. The number of methoxy groups -OCH3 is 1. The molecule has 1 unspecified atom stereocenters. The van der Waals surface area contributed by atoms with E-state index in [1.807, 2.05) is 12.1 Å². The number of carbonyl (C=O) groups is 1. The zero-order chi connectivity index (χ0) is 18.7. The van der Waals surface area contributed by atoms with Crippen LogP contribution in [-0.4, -0.2) is 19.6 Å². The van der Waals surface area contributed by atoms with Crippen LogP contribution in [0.1, 0.15) is 29.1 Å². The van der Waals surface area contributed by atoms with Gasteiger partial charge in [-0.2, -0.15) is 8.78 Å². The van der Waals surface area contributed by atoms with Crippen molar-refractivity contribution in [1.29, 1.82) is 0 Å². The van der Waals surface area contributed by atoms with Gasteiger partial charge in [-0.05, 0) is 36.8 Å². The highest BCUT2D eigenvalue weighted by atomic mass is 19.3. The number of rotatable bonds is 6. The summed E-state index contributed by atoms with van der Waals surface area (Å²) < 4.78 is 39.5. The molecular weight excluding hydrogens is 344 g/mol. The topological polar surface area (TPSA) is 60.7 Å². The summed E-state index contributed by atoms with van der Waals surface area (Å²) in [5.74, 6) is 0.383. The molecule has 3 aromatic rings. The first-order chi connectivity index (χ1) is 12.5. The second-order valence-electron chi connectivity index (χ2n) is 5.63. The smallest absolute Gasteiger partial charge is 0.387 e. The van der Waals surface area contributed by atoms with Crippen LogP contribution >= 0.6 is 0 Å². The van der Waals surface area contributed by atoms with Gasteiger partial charge in [0.15, 0.2) is 17.1 Å². The van der Waals surface area contributed by atoms with Crippen LogP contribution in [0.2, 0.25) is 0 Å². The molecule has 3 rings (SSSR count). The fraction of sp³-hybridized carbons (Fsp3) is 0.211. The average molecular weight is 361 g/mol. The Labute approximate surface area is 148 Å². The fourth-order valence-corrected chi connectivity index (χ4v) is 2.60. The summed E-state index contributed by atoms with van der Waals surface area (Å²) in [6, 6.07) is 12.8. The van der Waals surface area contributed by atoms with E-state index in [1.165, 1.54) is 19.2 Å². The fourth-order valence-electron chi connectivity index (χ4n) is 2.60. The highest BCUT2D eigenvalue weighted by Crippen LogP contribution is 2.28. The van der Waals surface area contributed by atoms with E-state index in [1.54, 1.807) is 31.2 Å². The molecule has 1 amide bonds. The van der Waals surface area contributed by atoms with Gasteiger partial charge < -0.3 is 19.2 Å². The highest BCUT2D eigenvalue weighted by molar-refractivity contribution is 5.97. The average Bonchev–Trinajstić information content (AvgIpc) is 3.06. The maximum absolute atomic E-state index is 12.4. The minimum absolute atomic E-state index is 0.0617. The first-order valence-electron chi connectivity index (χ1n) is 7.90. The van der Waals surface area contributed by atoms with E-state index in [-0.39, 0.29) is 23.5 Å². The summed E-state index contributed by atoms with van der Waals surface area (Å²) in [4.78, 5) is 12.4. The van der Waals surface area contributed by atoms with Crippen LogP contribution in [-0.2, 0) is 0 Å². The molecule has 0 bridgehead atoms. The molecule has 0 radical (unpaired) electrons. The van der Waals surface area contributed by atoms with Gasteiger partial charge in [-0.1, -0.05) is 24.3 Å². The first kappa shape index (κ1) is 17.7. The number of hydrogen-bond donors (Lipinski definition) is 1. The Kier molecular flexibility index (Phi) is 5.06. The third-order valence-electron chi connectivity index (χ3n) is 3.90. The molecule has 5 nitrogen and oxygen atoms in total. The zero-order valence-corrected chi connectivity index (χ0v) is 14.2. The zero-order valence-electron chi connectivity index (χ0n) is 14.2. The van der Waals surface area contributed by atoms with Gasteiger partial charge in [0.2, 0.25) is 0 Å². The summed E-state index contributed by atoms with van der Waals surface area (Å²) in [6.07, 6.45) is 0. The Bertz CT molecular complexity index is 906. The van der Waals surface area contributed by atoms with Gasteiger partial charge in [0.05, 0.1) is 13.2 Å². The highest BCUT2D eigenvalue weighted by Gasteiger charge is 2.17. The lowest BCUT2D eigenvalue weighted by Crippen LogP contribution is -2.26.